The molecule has 0 amide bonds. The van der Waals surface area contributed by atoms with Crippen molar-refractivity contribution >= 4 is 9.84 Å². The van der Waals surface area contributed by atoms with Crippen molar-refractivity contribution in [2.45, 2.75) is 10.7 Å². The highest BCUT2D eigenvalue weighted by Crippen LogP contribution is 2.31. The number of hydrogen-bond acceptors (Lipinski definition) is 5. The van der Waals surface area contributed by atoms with Crippen molar-refractivity contribution in [1.82, 2.24) is 0 Å². The Morgan fingerprint density at radius 3 is 2.47 bits per heavy atom. The molecule has 0 N–H and O–H groups in total. The maximum atomic E-state index is 12.3. The highest BCUT2D eigenvalue weighted by molar-refractivity contribution is 7.91. The van der Waals surface area contributed by atoms with Crippen LogP contribution in [0, 0.1) is 11.5 Å². The second kappa shape index (κ2) is 4.97. The van der Waals surface area contributed by atoms with Crippen LogP contribution in [0.1, 0.15) is 0 Å². The first kappa shape index (κ1) is 13.2. The molecule has 92 valence electrons. The molecular weight excluding hydrogens is 256 g/mol. The third kappa shape index (κ3) is 2.62. The molecule has 0 saturated heterocycles. The van der Waals surface area contributed by atoms with Gasteiger partial charge in [0.05, 0.1) is 12.0 Å². The molecule has 0 heterocycles. The number of halogens is 2. The van der Waals surface area contributed by atoms with E-state index in [-0.39, 0.29) is 11.5 Å². The van der Waals surface area contributed by atoms with Gasteiger partial charge in [-0.05, 0) is 12.1 Å². The van der Waals surface area contributed by atoms with Crippen LogP contribution < -0.4 is 9.47 Å². The van der Waals surface area contributed by atoms with Crippen LogP contribution in [0.5, 0.6) is 11.5 Å². The molecular formula is C9H7F2NO4S. The molecule has 8 heteroatoms. The minimum absolute atomic E-state index is 0.0692. The van der Waals surface area contributed by atoms with E-state index in [9.17, 15) is 17.2 Å². The average Bonchev–Trinajstić information content (AvgIpc) is 2.29. The second-order valence-electron chi connectivity index (χ2n) is 2.81. The molecule has 0 aliphatic carbocycles. The summed E-state index contributed by atoms with van der Waals surface area (Å²) in [6.07, 6.45) is 1.30. The highest BCUT2D eigenvalue weighted by Gasteiger charge is 2.27. The van der Waals surface area contributed by atoms with E-state index in [1.165, 1.54) is 13.4 Å². The van der Waals surface area contributed by atoms with E-state index in [1.54, 1.807) is 0 Å². The topological polar surface area (TPSA) is 76.4 Å². The first-order valence-corrected chi connectivity index (χ1v) is 5.74. The van der Waals surface area contributed by atoms with Gasteiger partial charge in [0.2, 0.25) is 9.84 Å². The number of benzene rings is 1. The third-order valence-corrected chi connectivity index (χ3v) is 3.23. The van der Waals surface area contributed by atoms with E-state index in [0.29, 0.717) is 0 Å². The summed E-state index contributed by atoms with van der Waals surface area (Å²) >= 11 is 0. The monoisotopic (exact) mass is 263 g/mol. The number of alkyl halides is 2. The highest BCUT2D eigenvalue weighted by atomic mass is 32.2. The van der Waals surface area contributed by atoms with E-state index in [1.807, 2.05) is 0 Å². The van der Waals surface area contributed by atoms with Crippen molar-refractivity contribution in [3.05, 3.63) is 18.2 Å². The molecule has 0 aliphatic rings. The summed E-state index contributed by atoms with van der Waals surface area (Å²) < 4.78 is 56.0. The van der Waals surface area contributed by atoms with Crippen LogP contribution in [0.2, 0.25) is 0 Å². The Hall–Kier alpha value is -1.88. The largest absolute Gasteiger partial charge is 0.493 e. The molecule has 1 rings (SSSR count). The van der Waals surface area contributed by atoms with Gasteiger partial charge in [-0.3, -0.25) is 0 Å². The standard InChI is InChI=1S/C9H7F2NO4S/c1-15-7-3-2-6(4-8(7)16-5-12)17(13,14)9(10)11/h2-4,9H,1H3. The summed E-state index contributed by atoms with van der Waals surface area (Å²) in [6, 6.07) is 2.88. The molecule has 1 aromatic carbocycles. The number of ether oxygens (including phenoxy) is 2. The van der Waals surface area contributed by atoms with Crippen LogP contribution in [0.25, 0.3) is 0 Å². The molecule has 0 fully saturated rings. The Bertz CT molecular complexity index is 551. The van der Waals surface area contributed by atoms with Crippen molar-refractivity contribution < 1.29 is 26.7 Å². The van der Waals surface area contributed by atoms with Crippen LogP contribution in [-0.4, -0.2) is 21.3 Å². The van der Waals surface area contributed by atoms with Gasteiger partial charge in [-0.15, -0.1) is 5.26 Å². The van der Waals surface area contributed by atoms with Crippen LogP contribution in [0.3, 0.4) is 0 Å². The van der Waals surface area contributed by atoms with E-state index in [4.69, 9.17) is 10.00 Å². The van der Waals surface area contributed by atoms with E-state index < -0.39 is 20.5 Å². The number of methoxy groups -OCH3 is 1. The Kier molecular flexibility index (Phi) is 3.85. The Labute approximate surface area is 96.1 Å². The maximum absolute atomic E-state index is 12.3. The minimum Gasteiger partial charge on any atom is -0.493 e. The first-order valence-electron chi connectivity index (χ1n) is 4.19. The zero-order valence-corrected chi connectivity index (χ0v) is 9.37. The van der Waals surface area contributed by atoms with Gasteiger partial charge in [0.1, 0.15) is 0 Å². The summed E-state index contributed by atoms with van der Waals surface area (Å²) in [6.45, 7) is 0. The third-order valence-electron chi connectivity index (χ3n) is 1.85. The number of rotatable bonds is 4. The predicted molar refractivity (Wildman–Crippen MR) is 52.4 cm³/mol. The Morgan fingerprint density at radius 1 is 1.35 bits per heavy atom. The van der Waals surface area contributed by atoms with Gasteiger partial charge in [0.15, 0.2) is 11.5 Å². The van der Waals surface area contributed by atoms with Gasteiger partial charge in [0, 0.05) is 6.07 Å². The van der Waals surface area contributed by atoms with Gasteiger partial charge < -0.3 is 9.47 Å². The molecule has 0 radical (unpaired) electrons. The lowest BCUT2D eigenvalue weighted by atomic mass is 10.3. The molecule has 0 saturated carbocycles. The molecule has 0 spiro atoms. The van der Waals surface area contributed by atoms with Crippen LogP contribution in [0.15, 0.2) is 23.1 Å². The zero-order valence-electron chi connectivity index (χ0n) is 8.55. The first-order chi connectivity index (χ1) is 7.93. The lowest BCUT2D eigenvalue weighted by Gasteiger charge is -2.08. The van der Waals surface area contributed by atoms with Crippen LogP contribution in [0.4, 0.5) is 8.78 Å². The molecule has 0 unspecified atom stereocenters. The predicted octanol–water partition coefficient (Wildman–Crippen LogP) is 1.55. The smallest absolute Gasteiger partial charge is 0.341 e. The molecule has 0 bridgehead atoms. The van der Waals surface area contributed by atoms with Gasteiger partial charge in [0.25, 0.3) is 6.26 Å². The fourth-order valence-electron chi connectivity index (χ4n) is 1.07. The van der Waals surface area contributed by atoms with Gasteiger partial charge in [-0.1, -0.05) is 0 Å². The maximum Gasteiger partial charge on any atom is 0.341 e. The zero-order chi connectivity index (χ0) is 13.1. The quantitative estimate of drug-likeness (QED) is 0.770. The SMILES string of the molecule is COc1ccc(S(=O)(=O)C(F)F)cc1OC#N. The average molecular weight is 263 g/mol. The molecule has 0 aliphatic heterocycles. The summed E-state index contributed by atoms with van der Waals surface area (Å²) in [5, 5.41) is 8.32. The van der Waals surface area contributed by atoms with E-state index in [0.717, 1.165) is 18.2 Å². The molecule has 5 nitrogen and oxygen atoms in total. The van der Waals surface area contributed by atoms with Gasteiger partial charge in [-0.25, -0.2) is 8.42 Å². The normalized spacial score (nSPS) is 11.0. The second-order valence-corrected chi connectivity index (χ2v) is 4.73. The van der Waals surface area contributed by atoms with Crippen LogP contribution >= 0.6 is 0 Å². The lowest BCUT2D eigenvalue weighted by Crippen LogP contribution is -2.11. The molecule has 17 heavy (non-hydrogen) atoms. The number of hydrogen-bond donors (Lipinski definition) is 0. The van der Waals surface area contributed by atoms with Gasteiger partial charge in [-0.2, -0.15) is 8.78 Å². The van der Waals surface area contributed by atoms with Crippen molar-refractivity contribution in [3.63, 3.8) is 0 Å². The fourth-order valence-corrected chi connectivity index (χ4v) is 1.80. The van der Waals surface area contributed by atoms with Crippen molar-refractivity contribution in [2.75, 3.05) is 7.11 Å². The van der Waals surface area contributed by atoms with Gasteiger partial charge >= 0.3 is 5.76 Å². The fraction of sp³-hybridized carbons (Fsp3) is 0.222. The number of sulfone groups is 1. The van der Waals surface area contributed by atoms with E-state index in [2.05, 4.69) is 4.74 Å². The summed E-state index contributed by atoms with van der Waals surface area (Å²) in [4.78, 5) is -0.640. The molecule has 0 atom stereocenters. The Morgan fingerprint density at radius 2 is 2.00 bits per heavy atom. The number of nitrogens with zero attached hydrogens (tertiary/aromatic N) is 1. The lowest BCUT2D eigenvalue weighted by molar-refractivity contribution is 0.234. The van der Waals surface area contributed by atoms with Crippen molar-refractivity contribution in [3.8, 4) is 17.8 Å². The van der Waals surface area contributed by atoms with E-state index >= 15 is 0 Å². The minimum atomic E-state index is -4.72. The Balaban J connectivity index is 3.32. The summed E-state index contributed by atoms with van der Waals surface area (Å²) in [7, 11) is -3.46. The van der Waals surface area contributed by atoms with Crippen molar-refractivity contribution in [2.24, 2.45) is 0 Å². The molecule has 0 aromatic heterocycles. The number of nitriles is 1. The van der Waals surface area contributed by atoms with Crippen LogP contribution in [-0.2, 0) is 9.84 Å². The van der Waals surface area contributed by atoms with Crippen molar-refractivity contribution in [1.29, 1.82) is 5.26 Å². The summed E-state index contributed by atoms with van der Waals surface area (Å²) in [5.74, 6) is -3.71. The molecule has 1 aromatic rings. The summed E-state index contributed by atoms with van der Waals surface area (Å²) in [5.41, 5.74) is 0.